The van der Waals surface area contributed by atoms with Gasteiger partial charge in [0, 0.05) is 0 Å². The van der Waals surface area contributed by atoms with Crippen LogP contribution in [0.4, 0.5) is 0 Å². The summed E-state index contributed by atoms with van der Waals surface area (Å²) in [5.74, 6) is 0. The summed E-state index contributed by atoms with van der Waals surface area (Å²) in [5.41, 5.74) is 2.38. The fourth-order valence-electron chi connectivity index (χ4n) is 3.67. The summed E-state index contributed by atoms with van der Waals surface area (Å²) in [4.78, 5) is 0. The Hall–Kier alpha value is 1.68. The van der Waals surface area contributed by atoms with Crippen LogP contribution in [0.3, 0.4) is 0 Å². The zero-order valence-electron chi connectivity index (χ0n) is 12.6. The molecule has 108 valence electrons. The first-order chi connectivity index (χ1) is 7.62. The molecule has 0 radical (unpaired) electrons. The predicted molar refractivity (Wildman–Crippen MR) is 86.5 cm³/mol. The first kappa shape index (κ1) is 22.0. The second kappa shape index (κ2) is 11.4. The van der Waals surface area contributed by atoms with Crippen LogP contribution in [0.5, 0.6) is 0 Å². The van der Waals surface area contributed by atoms with Gasteiger partial charge in [0.15, 0.2) is 0 Å². The van der Waals surface area contributed by atoms with E-state index >= 15 is 0 Å². The molecule has 0 atom stereocenters. The van der Waals surface area contributed by atoms with E-state index in [9.17, 15) is 0 Å². The van der Waals surface area contributed by atoms with E-state index < -0.39 is 28.9 Å². The standard InChI is InChI=1S/C12H24Si.2CH3.2ClH.Zr/c1-13(2,11-7-3-4-8-11)12-9-5-6-10-12;;;;;/h11-12H,3-10H2,1-2H3;2*1H3;2*1H;/q;2*-1;;;+4/p-2. The van der Waals surface area contributed by atoms with Gasteiger partial charge in [-0.3, -0.25) is 0 Å². The Labute approximate surface area is 135 Å². The van der Waals surface area contributed by atoms with Gasteiger partial charge in [-0.05, 0) is 11.1 Å². The van der Waals surface area contributed by atoms with E-state index in [1.807, 2.05) is 0 Å². The Balaban J connectivity index is 0. The third-order valence-electron chi connectivity index (χ3n) is 4.81. The molecule has 0 heterocycles. The molecule has 2 saturated carbocycles. The molecule has 0 spiro atoms. The molecule has 4 heteroatoms. The van der Waals surface area contributed by atoms with Crippen molar-refractivity contribution < 1.29 is 20.8 Å². The summed E-state index contributed by atoms with van der Waals surface area (Å²) in [6, 6.07) is 0. The molecule has 0 unspecified atom stereocenters. The van der Waals surface area contributed by atoms with Gasteiger partial charge >= 0.3 is 37.9 Å². The Morgan fingerprint density at radius 1 is 0.778 bits per heavy atom. The van der Waals surface area contributed by atoms with Gasteiger partial charge in [0.2, 0.25) is 0 Å². The van der Waals surface area contributed by atoms with Gasteiger partial charge in [-0.15, -0.1) is 0 Å². The normalized spacial score (nSPS) is 20.2. The van der Waals surface area contributed by atoms with Crippen LogP contribution in [-0.2, 0) is 20.8 Å². The third-order valence-corrected chi connectivity index (χ3v) is 10.2. The second-order valence-corrected chi connectivity index (χ2v) is 14.9. The zero-order valence-corrected chi connectivity index (χ0v) is 17.5. The minimum atomic E-state index is -0.837. The van der Waals surface area contributed by atoms with Crippen molar-refractivity contribution >= 4 is 25.1 Å². The number of hydrogen-bond acceptors (Lipinski definition) is 0. The molecule has 18 heavy (non-hydrogen) atoms. The maximum absolute atomic E-state index is 4.93. The molecule has 2 rings (SSSR count). The fourth-order valence-corrected chi connectivity index (χ4v) is 8.13. The molecule has 0 amide bonds. The van der Waals surface area contributed by atoms with Crippen LogP contribution in [0, 0.1) is 14.9 Å². The Kier molecular flexibility index (Phi) is 13.9. The van der Waals surface area contributed by atoms with Crippen molar-refractivity contribution in [2.24, 2.45) is 0 Å². The van der Waals surface area contributed by atoms with Crippen molar-refractivity contribution in [1.82, 2.24) is 0 Å². The SMILES string of the molecule is C[Si](C)(C1CCCC1)C1CCCC1.[CH3-].[CH3-].[Cl][Zr+2][Cl]. The number of rotatable bonds is 2. The monoisotopic (exact) mass is 386 g/mol. The van der Waals surface area contributed by atoms with Gasteiger partial charge in [0.25, 0.3) is 0 Å². The van der Waals surface area contributed by atoms with E-state index in [1.54, 1.807) is 25.7 Å². The van der Waals surface area contributed by atoms with Crippen LogP contribution in [0.25, 0.3) is 0 Å². The van der Waals surface area contributed by atoms with Crippen LogP contribution in [0.2, 0.25) is 24.2 Å². The molecule has 0 aromatic rings. The number of hydrogen-bond donors (Lipinski definition) is 0. The summed E-state index contributed by atoms with van der Waals surface area (Å²) in [5, 5.41) is 0. The summed E-state index contributed by atoms with van der Waals surface area (Å²) in [6.45, 7) is 5.36. The van der Waals surface area contributed by atoms with Crippen molar-refractivity contribution in [3.63, 3.8) is 0 Å². The molecular weight excluding hydrogens is 358 g/mol. The van der Waals surface area contributed by atoms with Crippen molar-refractivity contribution in [3.05, 3.63) is 14.9 Å². The molecule has 0 nitrogen and oxygen atoms in total. The van der Waals surface area contributed by atoms with E-state index in [1.165, 1.54) is 36.8 Å². The van der Waals surface area contributed by atoms with E-state index in [2.05, 4.69) is 13.1 Å². The van der Waals surface area contributed by atoms with Crippen molar-refractivity contribution in [2.45, 2.75) is 75.5 Å². The molecule has 2 fully saturated rings. The quantitative estimate of drug-likeness (QED) is 0.358. The first-order valence-electron chi connectivity index (χ1n) is 6.59. The average molecular weight is 389 g/mol. The van der Waals surface area contributed by atoms with Crippen molar-refractivity contribution in [2.75, 3.05) is 0 Å². The van der Waals surface area contributed by atoms with Crippen molar-refractivity contribution in [3.8, 4) is 0 Å². The Morgan fingerprint density at radius 2 is 1.00 bits per heavy atom. The number of halogens is 2. The van der Waals surface area contributed by atoms with Crippen molar-refractivity contribution in [1.29, 1.82) is 0 Å². The molecule has 0 aromatic heterocycles. The van der Waals surface area contributed by atoms with Gasteiger partial charge < -0.3 is 14.9 Å². The molecule has 0 saturated heterocycles. The van der Waals surface area contributed by atoms with Gasteiger partial charge in [0.05, 0.1) is 8.07 Å². The van der Waals surface area contributed by atoms with E-state index in [4.69, 9.17) is 17.0 Å². The van der Waals surface area contributed by atoms with Crippen LogP contribution >= 0.6 is 17.0 Å². The topological polar surface area (TPSA) is 0 Å². The van der Waals surface area contributed by atoms with E-state index in [0.717, 1.165) is 0 Å². The summed E-state index contributed by atoms with van der Waals surface area (Å²) >= 11 is -0.826. The van der Waals surface area contributed by atoms with Gasteiger partial charge in [-0.25, -0.2) is 0 Å². The maximum atomic E-state index is 4.93. The van der Waals surface area contributed by atoms with E-state index in [0.29, 0.717) is 0 Å². The predicted octanol–water partition coefficient (Wildman–Crippen LogP) is 6.86. The molecule has 0 aromatic carbocycles. The second-order valence-electron chi connectivity index (χ2n) is 5.86. The molecule has 2 aliphatic carbocycles. The van der Waals surface area contributed by atoms with Crippen LogP contribution < -0.4 is 0 Å². The van der Waals surface area contributed by atoms with Crippen LogP contribution in [-0.4, -0.2) is 8.07 Å². The van der Waals surface area contributed by atoms with Crippen LogP contribution in [0.15, 0.2) is 0 Å². The molecular formula is C14H30Cl2SiZr. The van der Waals surface area contributed by atoms with Gasteiger partial charge in [-0.1, -0.05) is 64.5 Å². The molecule has 0 N–H and O–H groups in total. The Bertz CT molecular complexity index is 170. The van der Waals surface area contributed by atoms with Gasteiger partial charge in [0.1, 0.15) is 0 Å². The summed E-state index contributed by atoms with van der Waals surface area (Å²) in [7, 11) is 9.03. The minimum absolute atomic E-state index is 0. The molecule has 0 bridgehead atoms. The van der Waals surface area contributed by atoms with Gasteiger partial charge in [-0.2, -0.15) is 0 Å². The average Bonchev–Trinajstić information content (AvgIpc) is 2.93. The zero-order chi connectivity index (χ0) is 12.0. The van der Waals surface area contributed by atoms with Crippen LogP contribution in [0.1, 0.15) is 51.4 Å². The summed E-state index contributed by atoms with van der Waals surface area (Å²) < 4.78 is 0. The fraction of sp³-hybridized carbons (Fsp3) is 0.857. The first-order valence-corrected chi connectivity index (χ1v) is 16.1. The Morgan fingerprint density at radius 3 is 1.22 bits per heavy atom. The van der Waals surface area contributed by atoms with E-state index in [-0.39, 0.29) is 14.9 Å². The molecule has 0 aliphatic heterocycles. The molecule has 2 aliphatic rings. The summed E-state index contributed by atoms with van der Waals surface area (Å²) in [6.07, 6.45) is 12.5. The third kappa shape index (κ3) is 6.42.